The Kier molecular flexibility index (Phi) is 5.33. The summed E-state index contributed by atoms with van der Waals surface area (Å²) in [5.41, 5.74) is 4.46. The second kappa shape index (κ2) is 4.48. The van der Waals surface area contributed by atoms with Gasteiger partial charge < -0.3 is 10.8 Å². The van der Waals surface area contributed by atoms with E-state index in [0.717, 1.165) is 0 Å². The van der Waals surface area contributed by atoms with Gasteiger partial charge in [-0.3, -0.25) is 0 Å². The maximum atomic E-state index is 11.9. The lowest BCUT2D eigenvalue weighted by atomic mass is 9.84. The predicted octanol–water partition coefficient (Wildman–Crippen LogP) is 1.70. The monoisotopic (exact) mass is 221 g/mol. The van der Waals surface area contributed by atoms with E-state index in [2.05, 4.69) is 0 Å². The van der Waals surface area contributed by atoms with Gasteiger partial charge in [-0.25, -0.2) is 0 Å². The summed E-state index contributed by atoms with van der Waals surface area (Å²) in [6.07, 6.45) is -7.08. The highest BCUT2D eigenvalue weighted by Gasteiger charge is 2.45. The van der Waals surface area contributed by atoms with E-state index in [1.165, 1.54) is 0 Å². The molecule has 2 atom stereocenters. The minimum atomic E-state index is -4.63. The van der Waals surface area contributed by atoms with Crippen molar-refractivity contribution in [1.29, 1.82) is 0 Å². The van der Waals surface area contributed by atoms with Crippen LogP contribution in [0.25, 0.3) is 0 Å². The van der Waals surface area contributed by atoms with Crippen LogP contribution < -0.4 is 5.73 Å². The van der Waals surface area contributed by atoms with Gasteiger partial charge in [-0.05, 0) is 5.41 Å². The van der Waals surface area contributed by atoms with Crippen LogP contribution in [0.15, 0.2) is 0 Å². The molecule has 2 unspecified atom stereocenters. The summed E-state index contributed by atoms with van der Waals surface area (Å²) in [6.45, 7) is 4.64. The van der Waals surface area contributed by atoms with E-state index in [1.54, 1.807) is 20.8 Å². The number of nitrogens with two attached hydrogens (primary N) is 1. The first-order valence-electron chi connectivity index (χ1n) is 3.57. The molecule has 0 bridgehead atoms. The standard InChI is InChI=1S/C7H14F3NO.ClH/c1-6(2,3)4(11)5(12)7(8,9)10;/h4-5,12H,11H2,1-3H3;1H. The van der Waals surface area contributed by atoms with Crippen LogP contribution in [-0.4, -0.2) is 23.4 Å². The summed E-state index contributed by atoms with van der Waals surface area (Å²) >= 11 is 0. The molecule has 0 radical (unpaired) electrons. The van der Waals surface area contributed by atoms with Crippen molar-refractivity contribution in [3.05, 3.63) is 0 Å². The third-order valence-corrected chi connectivity index (χ3v) is 1.68. The molecule has 0 aromatic heterocycles. The van der Waals surface area contributed by atoms with Crippen molar-refractivity contribution < 1.29 is 18.3 Å². The third kappa shape index (κ3) is 4.69. The fourth-order valence-corrected chi connectivity index (χ4v) is 0.677. The number of alkyl halides is 3. The van der Waals surface area contributed by atoms with Crippen LogP contribution in [0.5, 0.6) is 0 Å². The molecule has 0 amide bonds. The summed E-state index contributed by atoms with van der Waals surface area (Å²) in [5.74, 6) is 0. The van der Waals surface area contributed by atoms with Gasteiger partial charge in [-0.15, -0.1) is 12.4 Å². The van der Waals surface area contributed by atoms with Gasteiger partial charge in [0.05, 0.1) is 0 Å². The maximum Gasteiger partial charge on any atom is 0.415 e. The number of hydrogen-bond acceptors (Lipinski definition) is 2. The van der Waals surface area contributed by atoms with Crippen LogP contribution in [0.1, 0.15) is 20.8 Å². The molecule has 6 heteroatoms. The first-order valence-corrected chi connectivity index (χ1v) is 3.57. The summed E-state index contributed by atoms with van der Waals surface area (Å²) < 4.78 is 35.7. The Morgan fingerprint density at radius 2 is 1.46 bits per heavy atom. The van der Waals surface area contributed by atoms with E-state index < -0.39 is 23.7 Å². The van der Waals surface area contributed by atoms with Crippen LogP contribution in [-0.2, 0) is 0 Å². The molecule has 3 N–H and O–H groups in total. The van der Waals surface area contributed by atoms with Crippen molar-refractivity contribution >= 4 is 12.4 Å². The largest absolute Gasteiger partial charge is 0.415 e. The predicted molar refractivity (Wildman–Crippen MR) is 46.7 cm³/mol. The molecular weight excluding hydrogens is 207 g/mol. The smallest absolute Gasteiger partial charge is 0.382 e. The number of aliphatic hydroxyl groups is 1. The van der Waals surface area contributed by atoms with Gasteiger partial charge >= 0.3 is 6.18 Å². The van der Waals surface area contributed by atoms with Gasteiger partial charge in [0.2, 0.25) is 0 Å². The average molecular weight is 222 g/mol. The summed E-state index contributed by atoms with van der Waals surface area (Å²) in [4.78, 5) is 0. The highest BCUT2D eigenvalue weighted by Crippen LogP contribution is 2.29. The first-order chi connectivity index (χ1) is 5.07. The zero-order valence-corrected chi connectivity index (χ0v) is 8.54. The minimum Gasteiger partial charge on any atom is -0.382 e. The molecule has 2 nitrogen and oxygen atoms in total. The number of hydrogen-bond donors (Lipinski definition) is 2. The number of halogens is 4. The fourth-order valence-electron chi connectivity index (χ4n) is 0.677. The lowest BCUT2D eigenvalue weighted by Crippen LogP contribution is -2.51. The lowest BCUT2D eigenvalue weighted by molar-refractivity contribution is -0.216. The van der Waals surface area contributed by atoms with E-state index in [4.69, 9.17) is 10.8 Å². The van der Waals surface area contributed by atoms with Gasteiger partial charge in [0, 0.05) is 6.04 Å². The molecule has 0 aliphatic heterocycles. The van der Waals surface area contributed by atoms with Crippen molar-refractivity contribution in [2.24, 2.45) is 11.1 Å². The van der Waals surface area contributed by atoms with Crippen molar-refractivity contribution in [2.45, 2.75) is 39.1 Å². The van der Waals surface area contributed by atoms with Crippen LogP contribution >= 0.6 is 12.4 Å². The first kappa shape index (κ1) is 15.5. The zero-order valence-electron chi connectivity index (χ0n) is 7.72. The third-order valence-electron chi connectivity index (χ3n) is 1.68. The van der Waals surface area contributed by atoms with Gasteiger partial charge in [0.15, 0.2) is 6.10 Å². The molecule has 0 aromatic carbocycles. The molecule has 0 rings (SSSR count). The van der Waals surface area contributed by atoms with Crippen molar-refractivity contribution in [3.63, 3.8) is 0 Å². The Bertz CT molecular complexity index is 137. The fraction of sp³-hybridized carbons (Fsp3) is 1.00. The lowest BCUT2D eigenvalue weighted by Gasteiger charge is -2.31. The number of aliphatic hydroxyl groups excluding tert-OH is 1. The van der Waals surface area contributed by atoms with Gasteiger partial charge in [0.1, 0.15) is 0 Å². The van der Waals surface area contributed by atoms with Crippen molar-refractivity contribution in [2.75, 3.05) is 0 Å². The van der Waals surface area contributed by atoms with Gasteiger partial charge in [-0.2, -0.15) is 13.2 Å². The number of rotatable bonds is 1. The van der Waals surface area contributed by atoms with E-state index in [-0.39, 0.29) is 12.4 Å². The molecule has 0 saturated carbocycles. The van der Waals surface area contributed by atoms with Gasteiger partial charge in [-0.1, -0.05) is 20.8 Å². The Morgan fingerprint density at radius 3 is 1.54 bits per heavy atom. The van der Waals surface area contributed by atoms with Crippen molar-refractivity contribution in [1.82, 2.24) is 0 Å². The minimum absolute atomic E-state index is 0. The highest BCUT2D eigenvalue weighted by atomic mass is 35.5. The maximum absolute atomic E-state index is 11.9. The molecule has 13 heavy (non-hydrogen) atoms. The highest BCUT2D eigenvalue weighted by molar-refractivity contribution is 5.85. The molecule has 0 aromatic rings. The Balaban J connectivity index is 0. The van der Waals surface area contributed by atoms with Crippen LogP contribution in [0.3, 0.4) is 0 Å². The van der Waals surface area contributed by atoms with Crippen LogP contribution in [0, 0.1) is 5.41 Å². The molecular formula is C7H15ClF3NO. The van der Waals surface area contributed by atoms with Crippen LogP contribution in [0.4, 0.5) is 13.2 Å². The van der Waals surface area contributed by atoms with Gasteiger partial charge in [0.25, 0.3) is 0 Å². The summed E-state index contributed by atoms with van der Waals surface area (Å²) in [6, 6.07) is -1.29. The van der Waals surface area contributed by atoms with E-state index in [1.807, 2.05) is 0 Å². The Morgan fingerprint density at radius 1 is 1.15 bits per heavy atom. The van der Waals surface area contributed by atoms with E-state index in [9.17, 15) is 13.2 Å². The van der Waals surface area contributed by atoms with E-state index in [0.29, 0.717) is 0 Å². The molecule has 0 saturated heterocycles. The summed E-state index contributed by atoms with van der Waals surface area (Å²) in [5, 5.41) is 8.74. The molecule has 0 heterocycles. The molecule has 0 spiro atoms. The topological polar surface area (TPSA) is 46.2 Å². The van der Waals surface area contributed by atoms with E-state index >= 15 is 0 Å². The molecule has 82 valence electrons. The zero-order chi connectivity index (χ0) is 10.2. The normalized spacial score (nSPS) is 17.5. The average Bonchev–Trinajstić information content (AvgIpc) is 1.80. The Labute approximate surface area is 81.7 Å². The SMILES string of the molecule is CC(C)(C)C(N)C(O)C(F)(F)F.Cl. The molecule has 0 aliphatic rings. The molecule has 0 fully saturated rings. The van der Waals surface area contributed by atoms with Crippen molar-refractivity contribution in [3.8, 4) is 0 Å². The molecule has 0 aliphatic carbocycles. The quantitative estimate of drug-likeness (QED) is 0.708. The summed E-state index contributed by atoms with van der Waals surface area (Å²) in [7, 11) is 0. The second-order valence-corrected chi connectivity index (χ2v) is 3.88. The Hall–Kier alpha value is -0.0000000000000000555. The second-order valence-electron chi connectivity index (χ2n) is 3.88. The van der Waals surface area contributed by atoms with Crippen LogP contribution in [0.2, 0.25) is 0 Å².